The molecule has 22 heavy (non-hydrogen) atoms. The van der Waals surface area contributed by atoms with Crippen molar-refractivity contribution < 1.29 is 19.6 Å². The van der Waals surface area contributed by atoms with Crippen LogP contribution >= 0.6 is 0 Å². The van der Waals surface area contributed by atoms with Crippen LogP contribution in [0.4, 0.5) is 0 Å². The molecule has 0 bridgehead atoms. The minimum absolute atomic E-state index is 0.420. The highest BCUT2D eigenvalue weighted by molar-refractivity contribution is 5.68. The summed E-state index contributed by atoms with van der Waals surface area (Å²) in [4.78, 5) is 4.88. The summed E-state index contributed by atoms with van der Waals surface area (Å²) >= 11 is 0. The molecule has 0 fully saturated rings. The van der Waals surface area contributed by atoms with Gasteiger partial charge in [-0.25, -0.2) is 4.84 Å². The topological polar surface area (TPSA) is 61.7 Å². The highest BCUT2D eigenvalue weighted by Crippen LogP contribution is 2.23. The molecule has 5 heteroatoms. The number of aliphatic hydroxyl groups is 1. The summed E-state index contributed by atoms with van der Waals surface area (Å²) in [5.41, 5.74) is 5.77. The lowest BCUT2D eigenvalue weighted by atomic mass is 9.97. The van der Waals surface area contributed by atoms with Gasteiger partial charge in [0.25, 0.3) is 0 Å². The van der Waals surface area contributed by atoms with Crippen LogP contribution in [0.15, 0.2) is 30.3 Å². The fourth-order valence-electron chi connectivity index (χ4n) is 2.22. The lowest BCUT2D eigenvalue weighted by Crippen LogP contribution is -2.43. The van der Waals surface area contributed by atoms with Gasteiger partial charge in [-0.3, -0.25) is 5.21 Å². The third-order valence-electron chi connectivity index (χ3n) is 3.41. The fraction of sp³-hybridized carbons (Fsp3) is 0.529. The molecular formula is C17H31N2O3+. The molecule has 0 heterocycles. The molecule has 1 rings (SSSR count). The van der Waals surface area contributed by atoms with E-state index in [9.17, 15) is 0 Å². The van der Waals surface area contributed by atoms with Gasteiger partial charge in [-0.2, -0.15) is 0 Å². The van der Waals surface area contributed by atoms with Crippen molar-refractivity contribution in [3.63, 3.8) is 0 Å². The average Bonchev–Trinajstić information content (AvgIpc) is 2.52. The van der Waals surface area contributed by atoms with Gasteiger partial charge in [0.05, 0.1) is 20.6 Å². The minimum Gasteiger partial charge on any atom is -0.400 e. The highest BCUT2D eigenvalue weighted by Gasteiger charge is 2.17. The van der Waals surface area contributed by atoms with Gasteiger partial charge in [0.2, 0.25) is 6.73 Å². The largest absolute Gasteiger partial charge is 0.400 e. The van der Waals surface area contributed by atoms with E-state index in [1.807, 2.05) is 0 Å². The Morgan fingerprint density at radius 3 is 2.45 bits per heavy atom. The maximum Gasteiger partial charge on any atom is 0.204 e. The first kappa shape index (κ1) is 20.8. The smallest absolute Gasteiger partial charge is 0.204 e. The van der Waals surface area contributed by atoms with Crippen molar-refractivity contribution in [1.29, 1.82) is 0 Å². The molecule has 0 atom stereocenters. The predicted octanol–water partition coefficient (Wildman–Crippen LogP) is 2.73. The van der Waals surface area contributed by atoms with Crippen LogP contribution < -0.4 is 5.64 Å². The summed E-state index contributed by atoms with van der Waals surface area (Å²) in [5, 5.41) is 15.5. The first-order valence-electron chi connectivity index (χ1n) is 7.53. The molecule has 0 radical (unpaired) electrons. The number of nitrogens with one attached hydrogen (secondary N) is 1. The summed E-state index contributed by atoms with van der Waals surface area (Å²) in [6, 6.07) is 8.49. The number of allylic oxidation sites excluding steroid dienone is 1. The average molecular weight is 311 g/mol. The number of hydrogen-bond donors (Lipinski definition) is 3. The van der Waals surface area contributed by atoms with Crippen molar-refractivity contribution in [2.75, 3.05) is 34.5 Å². The summed E-state index contributed by atoms with van der Waals surface area (Å²) < 4.78 is 0.681. The van der Waals surface area contributed by atoms with Crippen LogP contribution in [0.5, 0.6) is 0 Å². The van der Waals surface area contributed by atoms with E-state index in [1.165, 1.54) is 16.7 Å². The lowest BCUT2D eigenvalue weighted by molar-refractivity contribution is -0.912. The zero-order valence-corrected chi connectivity index (χ0v) is 14.5. The third-order valence-corrected chi connectivity index (χ3v) is 3.41. The first-order valence-corrected chi connectivity index (χ1v) is 7.53. The molecule has 0 aromatic heterocycles. The van der Waals surface area contributed by atoms with E-state index in [0.717, 1.165) is 26.5 Å². The van der Waals surface area contributed by atoms with Gasteiger partial charge in [-0.1, -0.05) is 42.9 Å². The highest BCUT2D eigenvalue weighted by atomic mass is 16.8. The number of quaternary nitrogens is 1. The van der Waals surface area contributed by atoms with Gasteiger partial charge in [-0.05, 0) is 30.0 Å². The van der Waals surface area contributed by atoms with Crippen molar-refractivity contribution in [2.24, 2.45) is 0 Å². The van der Waals surface area contributed by atoms with Crippen LogP contribution in [0.1, 0.15) is 30.9 Å². The molecular weight excluding hydrogens is 280 g/mol. The van der Waals surface area contributed by atoms with E-state index in [1.54, 1.807) is 5.64 Å². The van der Waals surface area contributed by atoms with Crippen molar-refractivity contribution in [3.8, 4) is 0 Å². The Balaban J connectivity index is 0.00000211. The molecule has 3 N–H and O–H groups in total. The van der Waals surface area contributed by atoms with Crippen molar-refractivity contribution in [3.05, 3.63) is 41.5 Å². The van der Waals surface area contributed by atoms with E-state index in [2.05, 4.69) is 58.3 Å². The monoisotopic (exact) mass is 311 g/mol. The SMILES string of the molecule is CC/C=C(/CC[N+](C)(C)CONO)c1ccccc1C.CO. The van der Waals surface area contributed by atoms with Crippen LogP contribution in [-0.2, 0) is 4.84 Å². The van der Waals surface area contributed by atoms with Gasteiger partial charge < -0.3 is 9.59 Å². The number of aliphatic hydroxyl groups excluding tert-OH is 1. The number of hydrogen-bond acceptors (Lipinski definition) is 4. The van der Waals surface area contributed by atoms with Crippen LogP contribution in [0.2, 0.25) is 0 Å². The minimum atomic E-state index is 0.420. The van der Waals surface area contributed by atoms with E-state index in [0.29, 0.717) is 11.2 Å². The van der Waals surface area contributed by atoms with Crippen molar-refractivity contribution in [1.82, 2.24) is 5.64 Å². The Labute approximate surface area is 134 Å². The normalized spacial score (nSPS) is 11.9. The van der Waals surface area contributed by atoms with Gasteiger partial charge in [0.1, 0.15) is 0 Å². The summed E-state index contributed by atoms with van der Waals surface area (Å²) in [7, 11) is 5.16. The molecule has 0 spiro atoms. The molecule has 0 saturated carbocycles. The molecule has 1 aromatic carbocycles. The van der Waals surface area contributed by atoms with Crippen LogP contribution in [0.25, 0.3) is 5.57 Å². The second kappa shape index (κ2) is 11.3. The summed E-state index contributed by atoms with van der Waals surface area (Å²) in [5.74, 6) is 0. The molecule has 0 aliphatic heterocycles. The first-order chi connectivity index (χ1) is 10.5. The molecule has 1 aromatic rings. The summed E-state index contributed by atoms with van der Waals surface area (Å²) in [6.45, 7) is 5.68. The van der Waals surface area contributed by atoms with Crippen LogP contribution in [0.3, 0.4) is 0 Å². The zero-order valence-electron chi connectivity index (χ0n) is 14.5. The maximum atomic E-state index is 8.51. The van der Waals surface area contributed by atoms with E-state index >= 15 is 0 Å². The number of nitrogens with zero attached hydrogens (tertiary/aromatic N) is 1. The Morgan fingerprint density at radius 1 is 1.27 bits per heavy atom. The Morgan fingerprint density at radius 2 is 1.91 bits per heavy atom. The Kier molecular flexibility index (Phi) is 10.7. The molecule has 5 nitrogen and oxygen atoms in total. The van der Waals surface area contributed by atoms with Crippen molar-refractivity contribution >= 4 is 5.57 Å². The standard InChI is InChI=1S/C16H27N2O2.CH4O/c1-5-8-15(16-10-7-6-9-14(16)2)11-12-18(3,4)13-20-17-19;1-2/h6-10,17,19H,5,11-13H2,1-4H3;2H,1H3/q+1;/b15-8-;. The van der Waals surface area contributed by atoms with E-state index < -0.39 is 0 Å². The van der Waals surface area contributed by atoms with Gasteiger partial charge in [-0.15, -0.1) is 0 Å². The quantitative estimate of drug-likeness (QED) is 0.392. The fourth-order valence-corrected chi connectivity index (χ4v) is 2.22. The molecule has 0 saturated heterocycles. The van der Waals surface area contributed by atoms with E-state index in [4.69, 9.17) is 15.2 Å². The van der Waals surface area contributed by atoms with Crippen molar-refractivity contribution in [2.45, 2.75) is 26.7 Å². The van der Waals surface area contributed by atoms with Gasteiger partial charge >= 0.3 is 0 Å². The maximum absolute atomic E-state index is 8.51. The predicted molar refractivity (Wildman–Crippen MR) is 90.1 cm³/mol. The van der Waals surface area contributed by atoms with Gasteiger partial charge in [0, 0.05) is 13.5 Å². The molecule has 0 aliphatic rings. The molecule has 126 valence electrons. The number of rotatable bonds is 8. The Bertz CT molecular complexity index is 445. The van der Waals surface area contributed by atoms with Crippen LogP contribution in [0, 0.1) is 6.92 Å². The van der Waals surface area contributed by atoms with E-state index in [-0.39, 0.29) is 0 Å². The third kappa shape index (κ3) is 7.68. The number of aryl methyl sites for hydroxylation is 1. The second-order valence-corrected chi connectivity index (χ2v) is 5.73. The second-order valence-electron chi connectivity index (χ2n) is 5.73. The van der Waals surface area contributed by atoms with Gasteiger partial charge in [0.15, 0.2) is 0 Å². The molecule has 0 unspecified atom stereocenters. The molecule has 0 amide bonds. The lowest BCUT2D eigenvalue weighted by Gasteiger charge is -2.29. The zero-order chi connectivity index (χ0) is 17.0. The Hall–Kier alpha value is -1.24. The number of benzene rings is 1. The van der Waals surface area contributed by atoms with Crippen LogP contribution in [-0.4, -0.2) is 49.3 Å². The molecule has 0 aliphatic carbocycles. The summed E-state index contributed by atoms with van der Waals surface area (Å²) in [6.07, 6.45) is 4.32.